The molecule has 0 aliphatic carbocycles. The molecule has 100 valence electrons. The van der Waals surface area contributed by atoms with Gasteiger partial charge in [-0.3, -0.25) is 9.97 Å². The van der Waals surface area contributed by atoms with Crippen molar-refractivity contribution < 1.29 is 0 Å². The highest BCUT2D eigenvalue weighted by Crippen LogP contribution is 2.30. The molecule has 0 fully saturated rings. The van der Waals surface area contributed by atoms with Crippen molar-refractivity contribution in [2.75, 3.05) is 0 Å². The van der Waals surface area contributed by atoms with Crippen molar-refractivity contribution in [1.82, 2.24) is 9.97 Å². The molecule has 0 spiro atoms. The summed E-state index contributed by atoms with van der Waals surface area (Å²) >= 11 is 0. The third kappa shape index (κ3) is 2.80. The van der Waals surface area contributed by atoms with Crippen molar-refractivity contribution in [3.05, 3.63) is 95.6 Å². The Morgan fingerprint density at radius 1 is 0.857 bits per heavy atom. The van der Waals surface area contributed by atoms with Gasteiger partial charge in [0, 0.05) is 18.6 Å². The Balaban J connectivity index is 2.10. The minimum atomic E-state index is 0.0210. The second kappa shape index (κ2) is 5.98. The van der Waals surface area contributed by atoms with Gasteiger partial charge in [-0.05, 0) is 41.5 Å². The Bertz CT molecular complexity index is 704. The van der Waals surface area contributed by atoms with Gasteiger partial charge in [-0.25, -0.2) is 0 Å². The van der Waals surface area contributed by atoms with Crippen LogP contribution in [0, 0.1) is 11.3 Å². The molecule has 0 radical (unpaired) electrons. The van der Waals surface area contributed by atoms with E-state index >= 15 is 0 Å². The maximum atomic E-state index is 8.93. The van der Waals surface area contributed by atoms with E-state index in [0.717, 1.165) is 16.8 Å². The summed E-state index contributed by atoms with van der Waals surface area (Å²) in [4.78, 5) is 8.69. The van der Waals surface area contributed by atoms with Crippen LogP contribution in [0.4, 0.5) is 0 Å². The summed E-state index contributed by atoms with van der Waals surface area (Å²) in [6.07, 6.45) is 5.41. The number of rotatable bonds is 3. The first-order valence-corrected chi connectivity index (χ1v) is 6.69. The summed E-state index contributed by atoms with van der Waals surface area (Å²) in [5, 5.41) is 8.93. The van der Waals surface area contributed by atoms with Gasteiger partial charge in [0.25, 0.3) is 0 Å². The van der Waals surface area contributed by atoms with Crippen LogP contribution in [0.2, 0.25) is 0 Å². The Kier molecular flexibility index (Phi) is 3.70. The minimum Gasteiger partial charge on any atom is -0.264 e. The lowest BCUT2D eigenvalue weighted by Gasteiger charge is -2.17. The number of benzene rings is 1. The third-order valence-electron chi connectivity index (χ3n) is 3.37. The van der Waals surface area contributed by atoms with Gasteiger partial charge in [0.2, 0.25) is 0 Å². The molecule has 1 atom stereocenters. The minimum absolute atomic E-state index is 0.0210. The predicted octanol–water partition coefficient (Wildman–Crippen LogP) is 3.53. The van der Waals surface area contributed by atoms with Crippen molar-refractivity contribution in [2.45, 2.75) is 5.92 Å². The van der Waals surface area contributed by atoms with E-state index < -0.39 is 0 Å². The van der Waals surface area contributed by atoms with E-state index in [2.05, 4.69) is 16.0 Å². The normalized spacial score (nSPS) is 11.6. The topological polar surface area (TPSA) is 49.6 Å². The van der Waals surface area contributed by atoms with Crippen LogP contribution in [0.3, 0.4) is 0 Å². The standard InChI is InChI=1S/C18H13N3/c19-12-14-6-8-15(9-7-14)18(16-4-3-10-20-13-16)17-5-1-2-11-21-17/h1-11,13,18H. The Hall–Kier alpha value is -2.99. The largest absolute Gasteiger partial charge is 0.264 e. The molecule has 0 aliphatic heterocycles. The molecule has 3 nitrogen and oxygen atoms in total. The zero-order chi connectivity index (χ0) is 14.5. The van der Waals surface area contributed by atoms with Crippen LogP contribution in [-0.4, -0.2) is 9.97 Å². The van der Waals surface area contributed by atoms with Crippen molar-refractivity contribution in [3.63, 3.8) is 0 Å². The van der Waals surface area contributed by atoms with Gasteiger partial charge in [-0.1, -0.05) is 24.3 Å². The van der Waals surface area contributed by atoms with E-state index in [0.29, 0.717) is 5.56 Å². The number of nitrogens with zero attached hydrogens (tertiary/aromatic N) is 3. The van der Waals surface area contributed by atoms with Crippen LogP contribution in [0.15, 0.2) is 73.2 Å². The Morgan fingerprint density at radius 2 is 1.71 bits per heavy atom. The zero-order valence-electron chi connectivity index (χ0n) is 11.3. The first kappa shape index (κ1) is 13.0. The molecular weight excluding hydrogens is 258 g/mol. The smallest absolute Gasteiger partial charge is 0.0991 e. The molecule has 3 rings (SSSR count). The average molecular weight is 271 g/mol. The number of hydrogen-bond donors (Lipinski definition) is 0. The van der Waals surface area contributed by atoms with Gasteiger partial charge in [0.15, 0.2) is 0 Å². The van der Waals surface area contributed by atoms with Gasteiger partial charge in [-0.2, -0.15) is 5.26 Å². The van der Waals surface area contributed by atoms with Crippen molar-refractivity contribution in [2.24, 2.45) is 0 Å². The van der Waals surface area contributed by atoms with E-state index in [9.17, 15) is 0 Å². The van der Waals surface area contributed by atoms with Crippen LogP contribution < -0.4 is 0 Å². The van der Waals surface area contributed by atoms with Crippen LogP contribution in [0.5, 0.6) is 0 Å². The maximum Gasteiger partial charge on any atom is 0.0991 e. The molecular formula is C18H13N3. The quantitative estimate of drug-likeness (QED) is 0.732. The third-order valence-corrected chi connectivity index (χ3v) is 3.37. The molecule has 21 heavy (non-hydrogen) atoms. The summed E-state index contributed by atoms with van der Waals surface area (Å²) in [5.74, 6) is 0.0210. The van der Waals surface area contributed by atoms with E-state index in [1.54, 1.807) is 12.4 Å². The molecule has 3 heteroatoms. The van der Waals surface area contributed by atoms with Gasteiger partial charge in [0.1, 0.15) is 0 Å². The van der Waals surface area contributed by atoms with Crippen LogP contribution in [0.1, 0.15) is 28.3 Å². The summed E-state index contributed by atoms with van der Waals surface area (Å²) < 4.78 is 0. The highest BCUT2D eigenvalue weighted by molar-refractivity contribution is 5.42. The Labute approximate surface area is 123 Å². The highest BCUT2D eigenvalue weighted by atomic mass is 14.7. The maximum absolute atomic E-state index is 8.93. The van der Waals surface area contributed by atoms with E-state index in [1.165, 1.54) is 0 Å². The lowest BCUT2D eigenvalue weighted by Crippen LogP contribution is -2.05. The zero-order valence-corrected chi connectivity index (χ0v) is 11.3. The SMILES string of the molecule is N#Cc1ccc(C(c2cccnc2)c2ccccn2)cc1. The fourth-order valence-corrected chi connectivity index (χ4v) is 2.38. The van der Waals surface area contributed by atoms with Crippen LogP contribution in [0.25, 0.3) is 0 Å². The molecule has 0 saturated carbocycles. The monoisotopic (exact) mass is 271 g/mol. The molecule has 1 unspecified atom stereocenters. The first-order chi connectivity index (χ1) is 10.4. The summed E-state index contributed by atoms with van der Waals surface area (Å²) in [5.41, 5.74) is 3.81. The molecule has 0 aliphatic rings. The molecule has 0 N–H and O–H groups in total. The van der Waals surface area contributed by atoms with Crippen LogP contribution in [-0.2, 0) is 0 Å². The molecule has 3 aromatic rings. The molecule has 0 bridgehead atoms. The second-order valence-electron chi connectivity index (χ2n) is 4.71. The lowest BCUT2D eigenvalue weighted by atomic mass is 9.88. The number of hydrogen-bond acceptors (Lipinski definition) is 3. The van der Waals surface area contributed by atoms with Crippen LogP contribution >= 0.6 is 0 Å². The number of nitriles is 1. The van der Waals surface area contributed by atoms with E-state index in [-0.39, 0.29) is 5.92 Å². The lowest BCUT2D eigenvalue weighted by molar-refractivity contribution is 0.909. The summed E-state index contributed by atoms with van der Waals surface area (Å²) in [6.45, 7) is 0. The fourth-order valence-electron chi connectivity index (χ4n) is 2.38. The molecule has 2 aromatic heterocycles. The second-order valence-corrected chi connectivity index (χ2v) is 4.71. The number of pyridine rings is 2. The molecule has 0 saturated heterocycles. The van der Waals surface area contributed by atoms with Crippen molar-refractivity contribution in [1.29, 1.82) is 5.26 Å². The van der Waals surface area contributed by atoms with E-state index in [1.807, 2.05) is 60.8 Å². The molecule has 1 aromatic carbocycles. The number of aromatic nitrogens is 2. The predicted molar refractivity (Wildman–Crippen MR) is 80.6 cm³/mol. The van der Waals surface area contributed by atoms with Gasteiger partial charge in [-0.15, -0.1) is 0 Å². The molecule has 0 amide bonds. The van der Waals surface area contributed by atoms with Crippen molar-refractivity contribution in [3.8, 4) is 6.07 Å². The highest BCUT2D eigenvalue weighted by Gasteiger charge is 2.17. The Morgan fingerprint density at radius 3 is 2.33 bits per heavy atom. The van der Waals surface area contributed by atoms with E-state index in [4.69, 9.17) is 5.26 Å². The van der Waals surface area contributed by atoms with Gasteiger partial charge < -0.3 is 0 Å². The van der Waals surface area contributed by atoms with Crippen molar-refractivity contribution >= 4 is 0 Å². The summed E-state index contributed by atoms with van der Waals surface area (Å²) in [7, 11) is 0. The first-order valence-electron chi connectivity index (χ1n) is 6.69. The molecule has 2 heterocycles. The fraction of sp³-hybridized carbons (Fsp3) is 0.0556. The van der Waals surface area contributed by atoms with Gasteiger partial charge >= 0.3 is 0 Å². The summed E-state index contributed by atoms with van der Waals surface area (Å²) in [6, 6.07) is 19.6. The average Bonchev–Trinajstić information content (AvgIpc) is 2.58. The van der Waals surface area contributed by atoms with Gasteiger partial charge in [0.05, 0.1) is 23.2 Å².